The second-order valence-electron chi connectivity index (χ2n) is 4.94. The van der Waals surface area contributed by atoms with Crippen molar-refractivity contribution in [2.75, 3.05) is 11.9 Å². The van der Waals surface area contributed by atoms with Crippen LogP contribution < -0.4 is 10.2 Å². The lowest BCUT2D eigenvalue weighted by Gasteiger charge is -2.16. The normalized spacial score (nSPS) is 14.4. The molecular weight excluding hydrogens is 236 g/mol. The summed E-state index contributed by atoms with van der Waals surface area (Å²) in [5, 5.41) is 3.46. The van der Waals surface area contributed by atoms with E-state index in [2.05, 4.69) is 15.3 Å². The van der Waals surface area contributed by atoms with Crippen LogP contribution in [0.3, 0.4) is 0 Å². The summed E-state index contributed by atoms with van der Waals surface area (Å²) in [5.74, 6) is 0.723. The van der Waals surface area contributed by atoms with Crippen molar-refractivity contribution in [1.29, 1.82) is 0 Å². The van der Waals surface area contributed by atoms with Gasteiger partial charge in [0.2, 0.25) is 5.95 Å². The van der Waals surface area contributed by atoms with Crippen LogP contribution in [0.15, 0.2) is 42.7 Å². The standard InChI is InChI=1S/C15H18N4/c1-19(14-5-3-2-4-6-14)15-17-10-12(11-18-15)9-16-13-7-8-13/h2-6,10-11,13,16H,7-9H2,1H3. The molecule has 1 N–H and O–H groups in total. The van der Waals surface area contributed by atoms with E-state index in [1.807, 2.05) is 54.7 Å². The number of rotatable bonds is 5. The van der Waals surface area contributed by atoms with Crippen LogP contribution in [0.5, 0.6) is 0 Å². The maximum atomic E-state index is 4.43. The minimum absolute atomic E-state index is 0.715. The van der Waals surface area contributed by atoms with Crippen LogP contribution in [0.2, 0.25) is 0 Å². The Bertz CT molecular complexity index is 520. The molecule has 2 aromatic rings. The fourth-order valence-corrected chi connectivity index (χ4v) is 1.93. The number of anilines is 2. The zero-order valence-corrected chi connectivity index (χ0v) is 11.1. The van der Waals surface area contributed by atoms with Gasteiger partial charge < -0.3 is 10.2 Å². The van der Waals surface area contributed by atoms with Gasteiger partial charge in [0.15, 0.2) is 0 Å². The highest BCUT2D eigenvalue weighted by atomic mass is 15.2. The number of hydrogen-bond acceptors (Lipinski definition) is 4. The molecule has 1 saturated carbocycles. The molecule has 19 heavy (non-hydrogen) atoms. The van der Waals surface area contributed by atoms with Crippen molar-refractivity contribution in [2.45, 2.75) is 25.4 Å². The molecule has 0 atom stereocenters. The summed E-state index contributed by atoms with van der Waals surface area (Å²) >= 11 is 0. The van der Waals surface area contributed by atoms with Gasteiger partial charge in [-0.25, -0.2) is 9.97 Å². The lowest BCUT2D eigenvalue weighted by atomic mass is 10.3. The van der Waals surface area contributed by atoms with Gasteiger partial charge in [-0.15, -0.1) is 0 Å². The van der Waals surface area contributed by atoms with Crippen LogP contribution in [0, 0.1) is 0 Å². The van der Waals surface area contributed by atoms with Gasteiger partial charge in [-0.1, -0.05) is 18.2 Å². The van der Waals surface area contributed by atoms with Crippen LogP contribution in [0.1, 0.15) is 18.4 Å². The smallest absolute Gasteiger partial charge is 0.229 e. The summed E-state index contributed by atoms with van der Waals surface area (Å²) in [4.78, 5) is 10.8. The minimum atomic E-state index is 0.715. The molecule has 4 nitrogen and oxygen atoms in total. The van der Waals surface area contributed by atoms with Gasteiger partial charge in [-0.2, -0.15) is 0 Å². The third-order valence-corrected chi connectivity index (χ3v) is 3.31. The molecule has 1 aliphatic carbocycles. The topological polar surface area (TPSA) is 41.1 Å². The van der Waals surface area contributed by atoms with Gasteiger partial charge in [-0.05, 0) is 25.0 Å². The lowest BCUT2D eigenvalue weighted by Crippen LogP contribution is -2.17. The molecule has 1 aromatic carbocycles. The summed E-state index contributed by atoms with van der Waals surface area (Å²) < 4.78 is 0. The molecule has 98 valence electrons. The Kier molecular flexibility index (Phi) is 3.42. The Morgan fingerprint density at radius 3 is 2.47 bits per heavy atom. The van der Waals surface area contributed by atoms with Crippen molar-refractivity contribution < 1.29 is 0 Å². The molecule has 0 aliphatic heterocycles. The minimum Gasteiger partial charge on any atom is -0.314 e. The van der Waals surface area contributed by atoms with Gasteiger partial charge in [-0.3, -0.25) is 0 Å². The third-order valence-electron chi connectivity index (χ3n) is 3.31. The molecule has 3 rings (SSSR count). The molecule has 1 aliphatic rings. The molecule has 0 amide bonds. The van der Waals surface area contributed by atoms with E-state index in [1.54, 1.807) is 0 Å². The molecule has 1 fully saturated rings. The average Bonchev–Trinajstić information content (AvgIpc) is 3.30. The number of hydrogen-bond donors (Lipinski definition) is 1. The zero-order chi connectivity index (χ0) is 13.1. The Labute approximate surface area is 113 Å². The number of nitrogens with one attached hydrogen (secondary N) is 1. The van der Waals surface area contributed by atoms with Gasteiger partial charge in [0, 0.05) is 43.3 Å². The molecule has 0 radical (unpaired) electrons. The Morgan fingerprint density at radius 1 is 1.16 bits per heavy atom. The zero-order valence-electron chi connectivity index (χ0n) is 11.1. The maximum Gasteiger partial charge on any atom is 0.229 e. The van der Waals surface area contributed by atoms with E-state index in [4.69, 9.17) is 0 Å². The van der Waals surface area contributed by atoms with Crippen molar-refractivity contribution in [2.24, 2.45) is 0 Å². The molecule has 0 spiro atoms. The first-order valence-corrected chi connectivity index (χ1v) is 6.66. The molecule has 0 unspecified atom stereocenters. The highest BCUT2D eigenvalue weighted by Crippen LogP contribution is 2.20. The number of nitrogens with zero attached hydrogens (tertiary/aromatic N) is 3. The summed E-state index contributed by atoms with van der Waals surface area (Å²) in [6.07, 6.45) is 6.40. The first-order valence-electron chi connectivity index (χ1n) is 6.66. The Hall–Kier alpha value is -1.94. The fourth-order valence-electron chi connectivity index (χ4n) is 1.93. The van der Waals surface area contributed by atoms with Gasteiger partial charge in [0.05, 0.1) is 0 Å². The van der Waals surface area contributed by atoms with Crippen molar-refractivity contribution >= 4 is 11.6 Å². The molecular formula is C15H18N4. The van der Waals surface area contributed by atoms with Crippen molar-refractivity contribution in [1.82, 2.24) is 15.3 Å². The van der Waals surface area contributed by atoms with Gasteiger partial charge in [0.25, 0.3) is 0 Å². The van der Waals surface area contributed by atoms with E-state index in [0.29, 0.717) is 6.04 Å². The summed E-state index contributed by atoms with van der Waals surface area (Å²) in [7, 11) is 1.98. The summed E-state index contributed by atoms with van der Waals surface area (Å²) in [6.45, 7) is 0.861. The molecule has 0 saturated heterocycles. The van der Waals surface area contributed by atoms with Gasteiger partial charge in [0.1, 0.15) is 0 Å². The average molecular weight is 254 g/mol. The second-order valence-corrected chi connectivity index (χ2v) is 4.94. The Morgan fingerprint density at radius 2 is 1.84 bits per heavy atom. The first kappa shape index (κ1) is 12.1. The second kappa shape index (κ2) is 5.36. The Balaban J connectivity index is 1.67. The molecule has 1 aromatic heterocycles. The predicted molar refractivity (Wildman–Crippen MR) is 76.4 cm³/mol. The monoisotopic (exact) mass is 254 g/mol. The number of aromatic nitrogens is 2. The van der Waals surface area contributed by atoms with E-state index < -0.39 is 0 Å². The van der Waals surface area contributed by atoms with Crippen molar-refractivity contribution in [3.05, 3.63) is 48.3 Å². The van der Waals surface area contributed by atoms with E-state index in [9.17, 15) is 0 Å². The van der Waals surface area contributed by atoms with E-state index >= 15 is 0 Å². The van der Waals surface area contributed by atoms with E-state index in [0.717, 1.165) is 23.7 Å². The van der Waals surface area contributed by atoms with Crippen LogP contribution in [-0.4, -0.2) is 23.1 Å². The fraction of sp³-hybridized carbons (Fsp3) is 0.333. The van der Waals surface area contributed by atoms with E-state index in [-0.39, 0.29) is 0 Å². The molecule has 0 bridgehead atoms. The van der Waals surface area contributed by atoms with Crippen LogP contribution in [0.4, 0.5) is 11.6 Å². The SMILES string of the molecule is CN(c1ccccc1)c1ncc(CNC2CC2)cn1. The largest absolute Gasteiger partial charge is 0.314 e. The summed E-state index contributed by atoms with van der Waals surface area (Å²) in [5.41, 5.74) is 2.23. The van der Waals surface area contributed by atoms with Crippen molar-refractivity contribution in [3.63, 3.8) is 0 Å². The summed E-state index contributed by atoms with van der Waals surface area (Å²) in [6, 6.07) is 10.8. The first-order chi connectivity index (χ1) is 9.33. The van der Waals surface area contributed by atoms with Crippen LogP contribution in [0.25, 0.3) is 0 Å². The molecule has 1 heterocycles. The van der Waals surface area contributed by atoms with Crippen molar-refractivity contribution in [3.8, 4) is 0 Å². The quantitative estimate of drug-likeness (QED) is 0.890. The van der Waals surface area contributed by atoms with Crippen LogP contribution in [-0.2, 0) is 6.54 Å². The number of benzene rings is 1. The van der Waals surface area contributed by atoms with Crippen LogP contribution >= 0.6 is 0 Å². The maximum absolute atomic E-state index is 4.43. The third kappa shape index (κ3) is 3.09. The van der Waals surface area contributed by atoms with E-state index in [1.165, 1.54) is 12.8 Å². The highest BCUT2D eigenvalue weighted by Gasteiger charge is 2.20. The molecule has 4 heteroatoms. The lowest BCUT2D eigenvalue weighted by molar-refractivity contribution is 0.683. The number of para-hydroxylation sites is 1. The highest BCUT2D eigenvalue weighted by molar-refractivity contribution is 5.55. The van der Waals surface area contributed by atoms with Gasteiger partial charge >= 0.3 is 0 Å². The predicted octanol–water partition coefficient (Wildman–Crippen LogP) is 2.50.